The third-order valence-corrected chi connectivity index (χ3v) is 3.96. The fourth-order valence-corrected chi connectivity index (χ4v) is 2.61. The van der Waals surface area contributed by atoms with Gasteiger partial charge in [0.2, 0.25) is 0 Å². The monoisotopic (exact) mass is 270 g/mol. The van der Waals surface area contributed by atoms with Crippen molar-refractivity contribution in [1.29, 1.82) is 0 Å². The molecule has 2 rings (SSSR count). The number of aliphatic hydroxyl groups is 1. The number of hydrogen-bond donors (Lipinski definition) is 3. The number of likely N-dealkylation sites (tertiary alicyclic amines) is 1. The van der Waals surface area contributed by atoms with E-state index in [4.69, 9.17) is 5.11 Å². The molecule has 6 nitrogen and oxygen atoms in total. The number of carbonyl (C=O) groups excluding carboxylic acids is 1. The van der Waals surface area contributed by atoms with Gasteiger partial charge in [0.1, 0.15) is 6.04 Å². The van der Waals surface area contributed by atoms with Crippen LogP contribution in [-0.4, -0.2) is 51.8 Å². The zero-order chi connectivity index (χ0) is 14.0. The maximum Gasteiger partial charge on any atom is 0.326 e. The quantitative estimate of drug-likeness (QED) is 0.689. The highest BCUT2D eigenvalue weighted by molar-refractivity contribution is 5.83. The first-order chi connectivity index (χ1) is 9.01. The first-order valence-corrected chi connectivity index (χ1v) is 6.99. The van der Waals surface area contributed by atoms with Crippen LogP contribution in [0.2, 0.25) is 0 Å². The Kier molecular flexibility index (Phi) is 4.29. The van der Waals surface area contributed by atoms with Gasteiger partial charge in [-0.05, 0) is 18.8 Å². The smallest absolute Gasteiger partial charge is 0.326 e. The Morgan fingerprint density at radius 1 is 1.42 bits per heavy atom. The van der Waals surface area contributed by atoms with Crippen molar-refractivity contribution in [3.8, 4) is 0 Å². The molecule has 0 radical (unpaired) electrons. The summed E-state index contributed by atoms with van der Waals surface area (Å²) in [6, 6.07) is -1.17. The van der Waals surface area contributed by atoms with Gasteiger partial charge in [0, 0.05) is 19.0 Å². The third-order valence-electron chi connectivity index (χ3n) is 3.96. The first-order valence-electron chi connectivity index (χ1n) is 6.99. The lowest BCUT2D eigenvalue weighted by molar-refractivity contribution is -0.141. The van der Waals surface area contributed by atoms with E-state index in [-0.39, 0.29) is 25.0 Å². The van der Waals surface area contributed by atoms with Crippen molar-refractivity contribution in [3.05, 3.63) is 0 Å². The fraction of sp³-hybridized carbons (Fsp3) is 0.846. The standard InChI is InChI=1S/C13H22N2O4/c1-2-9(5-8-3-4-8)14-13(19)15-7-10(16)6-11(15)12(17)18/h8-11,16H,2-7H2,1H3,(H,14,19)(H,17,18)/t9?,10?,11-/m0/s1. The van der Waals surface area contributed by atoms with Gasteiger partial charge in [-0.3, -0.25) is 0 Å². The van der Waals surface area contributed by atoms with E-state index in [1.807, 2.05) is 6.92 Å². The summed E-state index contributed by atoms with van der Waals surface area (Å²) in [6.45, 7) is 2.11. The van der Waals surface area contributed by atoms with Gasteiger partial charge < -0.3 is 20.4 Å². The third kappa shape index (κ3) is 3.59. The number of aliphatic carboxylic acids is 1. The fourth-order valence-electron chi connectivity index (χ4n) is 2.61. The van der Waals surface area contributed by atoms with Crippen LogP contribution in [0.1, 0.15) is 39.0 Å². The van der Waals surface area contributed by atoms with E-state index in [1.165, 1.54) is 17.7 Å². The number of rotatable bonds is 5. The lowest BCUT2D eigenvalue weighted by atomic mass is 10.1. The second-order valence-corrected chi connectivity index (χ2v) is 5.63. The predicted molar refractivity (Wildman–Crippen MR) is 68.7 cm³/mol. The molecular formula is C13H22N2O4. The molecule has 2 amide bonds. The van der Waals surface area contributed by atoms with Crippen LogP contribution in [0.25, 0.3) is 0 Å². The largest absolute Gasteiger partial charge is 0.480 e. The minimum atomic E-state index is -1.05. The molecule has 1 saturated heterocycles. The Hall–Kier alpha value is -1.30. The molecule has 2 unspecified atom stereocenters. The zero-order valence-electron chi connectivity index (χ0n) is 11.2. The van der Waals surface area contributed by atoms with Crippen molar-refractivity contribution in [1.82, 2.24) is 10.2 Å². The van der Waals surface area contributed by atoms with Crippen LogP contribution in [0.5, 0.6) is 0 Å². The molecule has 3 N–H and O–H groups in total. The van der Waals surface area contributed by atoms with Crippen LogP contribution in [0.15, 0.2) is 0 Å². The number of β-amino-alcohol motifs (C(OH)–C–C–N with tert-alkyl or cyclic N) is 1. The molecule has 0 aromatic heterocycles. The summed E-state index contributed by atoms with van der Waals surface area (Å²) in [6.07, 6.45) is 3.64. The van der Waals surface area contributed by atoms with Gasteiger partial charge in [-0.25, -0.2) is 9.59 Å². The summed E-state index contributed by atoms with van der Waals surface area (Å²) in [5, 5.41) is 21.5. The Morgan fingerprint density at radius 2 is 2.11 bits per heavy atom. The molecule has 19 heavy (non-hydrogen) atoms. The van der Waals surface area contributed by atoms with Crippen molar-refractivity contribution < 1.29 is 19.8 Å². The average Bonchev–Trinajstić information content (AvgIpc) is 3.08. The molecule has 2 aliphatic rings. The molecule has 0 spiro atoms. The number of urea groups is 1. The summed E-state index contributed by atoms with van der Waals surface area (Å²) in [5.41, 5.74) is 0. The summed E-state index contributed by atoms with van der Waals surface area (Å²) < 4.78 is 0. The second kappa shape index (κ2) is 5.77. The number of aliphatic hydroxyl groups excluding tert-OH is 1. The number of carbonyl (C=O) groups is 2. The molecule has 1 aliphatic heterocycles. The molecule has 0 aromatic rings. The molecule has 0 aromatic carbocycles. The van der Waals surface area contributed by atoms with Crippen LogP contribution in [0, 0.1) is 5.92 Å². The average molecular weight is 270 g/mol. The van der Waals surface area contributed by atoms with Gasteiger partial charge in [-0.2, -0.15) is 0 Å². The Morgan fingerprint density at radius 3 is 2.63 bits per heavy atom. The topological polar surface area (TPSA) is 89.9 Å². The van der Waals surface area contributed by atoms with Crippen molar-refractivity contribution in [2.75, 3.05) is 6.54 Å². The summed E-state index contributed by atoms with van der Waals surface area (Å²) in [4.78, 5) is 24.4. The summed E-state index contributed by atoms with van der Waals surface area (Å²) >= 11 is 0. The first kappa shape index (κ1) is 14.1. The Balaban J connectivity index is 1.91. The van der Waals surface area contributed by atoms with Crippen molar-refractivity contribution in [3.63, 3.8) is 0 Å². The molecule has 6 heteroatoms. The molecule has 1 heterocycles. The Labute approximate surface area is 112 Å². The highest BCUT2D eigenvalue weighted by Crippen LogP contribution is 2.34. The maximum absolute atomic E-state index is 12.1. The van der Waals surface area contributed by atoms with E-state index < -0.39 is 18.1 Å². The lowest BCUT2D eigenvalue weighted by Gasteiger charge is -2.25. The second-order valence-electron chi connectivity index (χ2n) is 5.63. The van der Waals surface area contributed by atoms with Crippen molar-refractivity contribution in [2.45, 2.75) is 57.2 Å². The number of amides is 2. The summed E-state index contributed by atoms with van der Waals surface area (Å²) in [7, 11) is 0. The van der Waals surface area contributed by atoms with E-state index in [1.54, 1.807) is 0 Å². The van der Waals surface area contributed by atoms with Crippen molar-refractivity contribution in [2.24, 2.45) is 5.92 Å². The van der Waals surface area contributed by atoms with E-state index in [0.717, 1.165) is 12.8 Å². The van der Waals surface area contributed by atoms with Gasteiger partial charge >= 0.3 is 12.0 Å². The maximum atomic E-state index is 12.1. The van der Waals surface area contributed by atoms with Gasteiger partial charge in [0.25, 0.3) is 0 Å². The molecule has 2 fully saturated rings. The van der Waals surface area contributed by atoms with Gasteiger partial charge in [0.05, 0.1) is 6.10 Å². The SMILES string of the molecule is CCC(CC1CC1)NC(=O)N1CC(O)C[C@H]1C(=O)O. The molecule has 1 saturated carbocycles. The number of carboxylic acids is 1. The van der Waals surface area contributed by atoms with E-state index in [9.17, 15) is 14.7 Å². The molecule has 108 valence electrons. The van der Waals surface area contributed by atoms with Crippen molar-refractivity contribution >= 4 is 12.0 Å². The minimum Gasteiger partial charge on any atom is -0.480 e. The number of nitrogens with zero attached hydrogens (tertiary/aromatic N) is 1. The van der Waals surface area contributed by atoms with E-state index >= 15 is 0 Å². The van der Waals surface area contributed by atoms with Gasteiger partial charge in [-0.15, -0.1) is 0 Å². The van der Waals surface area contributed by atoms with Crippen LogP contribution < -0.4 is 5.32 Å². The molecule has 1 aliphatic carbocycles. The number of hydrogen-bond acceptors (Lipinski definition) is 3. The van der Waals surface area contributed by atoms with Crippen LogP contribution in [-0.2, 0) is 4.79 Å². The highest BCUT2D eigenvalue weighted by Gasteiger charge is 2.39. The van der Waals surface area contributed by atoms with Crippen LogP contribution in [0.3, 0.4) is 0 Å². The highest BCUT2D eigenvalue weighted by atomic mass is 16.4. The number of carboxylic acid groups (broad SMARTS) is 1. The predicted octanol–water partition coefficient (Wildman–Crippen LogP) is 0.794. The lowest BCUT2D eigenvalue weighted by Crippen LogP contribution is -2.49. The molecule has 3 atom stereocenters. The normalized spacial score (nSPS) is 28.2. The van der Waals surface area contributed by atoms with E-state index in [2.05, 4.69) is 5.32 Å². The summed E-state index contributed by atoms with van der Waals surface area (Å²) in [5.74, 6) is -0.341. The van der Waals surface area contributed by atoms with Crippen LogP contribution in [0.4, 0.5) is 4.79 Å². The number of nitrogens with one attached hydrogen (secondary N) is 1. The zero-order valence-corrected chi connectivity index (χ0v) is 11.2. The van der Waals surface area contributed by atoms with E-state index in [0.29, 0.717) is 5.92 Å². The molecule has 0 bridgehead atoms. The van der Waals surface area contributed by atoms with Crippen LogP contribution >= 0.6 is 0 Å². The minimum absolute atomic E-state index is 0.0999. The van der Waals surface area contributed by atoms with Gasteiger partial charge in [0.15, 0.2) is 0 Å². The van der Waals surface area contributed by atoms with Gasteiger partial charge in [-0.1, -0.05) is 19.8 Å². The molecular weight excluding hydrogens is 248 g/mol. The Bertz CT molecular complexity index is 357.